The first-order valence-corrected chi connectivity index (χ1v) is 9.59. The van der Waals surface area contributed by atoms with Crippen LogP contribution in [0.2, 0.25) is 0 Å². The van der Waals surface area contributed by atoms with Crippen molar-refractivity contribution < 1.29 is 18.7 Å². The van der Waals surface area contributed by atoms with Crippen molar-refractivity contribution in [3.63, 3.8) is 0 Å². The summed E-state index contributed by atoms with van der Waals surface area (Å²) < 4.78 is 12.5. The number of ether oxygens (including phenoxy) is 1. The lowest BCUT2D eigenvalue weighted by molar-refractivity contribution is 0.0549. The first kappa shape index (κ1) is 17.6. The van der Waals surface area contributed by atoms with Gasteiger partial charge in [-0.15, -0.1) is 0 Å². The molecule has 0 bridgehead atoms. The van der Waals surface area contributed by atoms with Crippen molar-refractivity contribution in [3.8, 4) is 5.75 Å². The summed E-state index contributed by atoms with van der Waals surface area (Å²) in [7, 11) is 1.63. The Hall–Kier alpha value is -3.48. The molecule has 7 heteroatoms. The van der Waals surface area contributed by atoms with Crippen molar-refractivity contribution in [2.75, 3.05) is 20.2 Å². The number of carbonyl (C=O) groups is 2. The summed E-state index contributed by atoms with van der Waals surface area (Å²) in [5.74, 6) is 0.945. The Kier molecular flexibility index (Phi) is 4.16. The van der Waals surface area contributed by atoms with Crippen LogP contribution < -0.4 is 4.74 Å². The molecule has 148 valence electrons. The molecule has 5 rings (SSSR count). The number of hydrogen-bond donors (Lipinski definition) is 0. The van der Waals surface area contributed by atoms with Gasteiger partial charge in [0.05, 0.1) is 25.5 Å². The fraction of sp³-hybridized carbons (Fsp3) is 0.273. The van der Waals surface area contributed by atoms with Crippen LogP contribution in [0.25, 0.3) is 0 Å². The second-order valence-electron chi connectivity index (χ2n) is 7.40. The lowest BCUT2D eigenvalue weighted by atomic mass is 10.0. The highest BCUT2D eigenvalue weighted by Gasteiger charge is 2.46. The van der Waals surface area contributed by atoms with Gasteiger partial charge >= 0.3 is 0 Å². The topological polar surface area (TPSA) is 67.9 Å². The van der Waals surface area contributed by atoms with Crippen LogP contribution in [0.5, 0.6) is 5.75 Å². The van der Waals surface area contributed by atoms with E-state index in [0.29, 0.717) is 31.1 Å². The number of hydrogen-bond acceptors (Lipinski definition) is 4. The van der Waals surface area contributed by atoms with E-state index in [1.165, 1.54) is 6.26 Å². The van der Waals surface area contributed by atoms with Gasteiger partial charge in [-0.1, -0.05) is 12.1 Å². The lowest BCUT2D eigenvalue weighted by Gasteiger charge is -2.38. The molecule has 2 amide bonds. The van der Waals surface area contributed by atoms with E-state index < -0.39 is 0 Å². The molecule has 7 nitrogen and oxygen atoms in total. The summed E-state index contributed by atoms with van der Waals surface area (Å²) in [4.78, 5) is 29.7. The van der Waals surface area contributed by atoms with Crippen LogP contribution >= 0.6 is 0 Å². The standard InChI is InChI=1S/C22H21N3O4/c1-28-16-8-6-15(7-9-16)12-25-19-14-23(22(27)20-5-3-11-29-20)13-18(19)24-10-2-4-17(24)21(25)26/h2-11,18-19H,12-14H2,1H3/t18-,19+/m0/s1. The average molecular weight is 391 g/mol. The third-order valence-electron chi connectivity index (χ3n) is 5.81. The van der Waals surface area contributed by atoms with E-state index in [2.05, 4.69) is 0 Å². The molecule has 2 aliphatic rings. The van der Waals surface area contributed by atoms with Gasteiger partial charge in [-0.3, -0.25) is 9.59 Å². The summed E-state index contributed by atoms with van der Waals surface area (Å²) in [6.07, 6.45) is 3.43. The van der Waals surface area contributed by atoms with Crippen LogP contribution in [0, 0.1) is 0 Å². The number of amides is 2. The van der Waals surface area contributed by atoms with Crippen LogP contribution in [0.3, 0.4) is 0 Å². The van der Waals surface area contributed by atoms with E-state index in [4.69, 9.17) is 9.15 Å². The molecule has 0 aliphatic carbocycles. The molecule has 1 saturated heterocycles. The van der Waals surface area contributed by atoms with E-state index in [1.54, 1.807) is 24.1 Å². The molecule has 4 heterocycles. The first-order chi connectivity index (χ1) is 14.2. The minimum absolute atomic E-state index is 0.0145. The second-order valence-corrected chi connectivity index (χ2v) is 7.40. The molecule has 2 aromatic heterocycles. The van der Waals surface area contributed by atoms with Crippen LogP contribution in [0.15, 0.2) is 65.4 Å². The predicted octanol–water partition coefficient (Wildman–Crippen LogP) is 2.81. The normalized spacial score (nSPS) is 20.5. The summed E-state index contributed by atoms with van der Waals surface area (Å²) >= 11 is 0. The monoisotopic (exact) mass is 391 g/mol. The summed E-state index contributed by atoms with van der Waals surface area (Å²) in [6.45, 7) is 1.50. The number of aromatic nitrogens is 1. The highest BCUT2D eigenvalue weighted by Crippen LogP contribution is 2.35. The van der Waals surface area contributed by atoms with Crippen molar-refractivity contribution in [2.45, 2.75) is 18.6 Å². The van der Waals surface area contributed by atoms with Crippen molar-refractivity contribution in [2.24, 2.45) is 0 Å². The SMILES string of the molecule is COc1ccc(CN2C(=O)c3cccn3[C@H]3CN(C(=O)c4ccco4)C[C@H]32)cc1. The molecule has 1 fully saturated rings. The van der Waals surface area contributed by atoms with Crippen LogP contribution in [-0.4, -0.2) is 52.4 Å². The van der Waals surface area contributed by atoms with Gasteiger partial charge in [0.1, 0.15) is 11.4 Å². The quantitative estimate of drug-likeness (QED) is 0.686. The molecule has 29 heavy (non-hydrogen) atoms. The highest BCUT2D eigenvalue weighted by molar-refractivity contribution is 5.95. The molecule has 0 radical (unpaired) electrons. The number of benzene rings is 1. The van der Waals surface area contributed by atoms with E-state index in [0.717, 1.165) is 11.3 Å². The average Bonchev–Trinajstić information content (AvgIpc) is 3.50. The number of carbonyl (C=O) groups excluding carboxylic acids is 2. The van der Waals surface area contributed by atoms with Crippen molar-refractivity contribution in [1.29, 1.82) is 0 Å². The molecule has 0 N–H and O–H groups in total. The molecule has 0 saturated carbocycles. The first-order valence-electron chi connectivity index (χ1n) is 9.59. The van der Waals surface area contributed by atoms with E-state index in [-0.39, 0.29) is 23.9 Å². The van der Waals surface area contributed by atoms with Gasteiger partial charge in [-0.05, 0) is 42.0 Å². The van der Waals surface area contributed by atoms with Crippen LogP contribution in [-0.2, 0) is 6.54 Å². The molecule has 1 aromatic carbocycles. The maximum Gasteiger partial charge on any atom is 0.289 e. The zero-order valence-electron chi connectivity index (χ0n) is 16.0. The minimum Gasteiger partial charge on any atom is -0.497 e. The summed E-state index contributed by atoms with van der Waals surface area (Å²) in [5, 5.41) is 0. The van der Waals surface area contributed by atoms with Crippen molar-refractivity contribution >= 4 is 11.8 Å². The van der Waals surface area contributed by atoms with E-state index >= 15 is 0 Å². The van der Waals surface area contributed by atoms with Crippen molar-refractivity contribution in [1.82, 2.24) is 14.4 Å². The molecular formula is C22H21N3O4. The zero-order valence-corrected chi connectivity index (χ0v) is 16.0. The van der Waals surface area contributed by atoms with Crippen molar-refractivity contribution in [3.05, 3.63) is 78.0 Å². The lowest BCUT2D eigenvalue weighted by Crippen LogP contribution is -2.49. The summed E-state index contributed by atoms with van der Waals surface area (Å²) in [6, 6.07) is 14.8. The third-order valence-corrected chi connectivity index (χ3v) is 5.81. The smallest absolute Gasteiger partial charge is 0.289 e. The molecule has 2 atom stereocenters. The number of methoxy groups -OCH3 is 1. The molecule has 2 aliphatic heterocycles. The van der Waals surface area contributed by atoms with Gasteiger partial charge in [-0.2, -0.15) is 0 Å². The molecular weight excluding hydrogens is 370 g/mol. The van der Waals surface area contributed by atoms with Gasteiger partial charge in [0, 0.05) is 25.8 Å². The van der Waals surface area contributed by atoms with Gasteiger partial charge in [0.15, 0.2) is 5.76 Å². The van der Waals surface area contributed by atoms with Crippen LogP contribution in [0.4, 0.5) is 0 Å². The number of likely N-dealkylation sites (tertiary alicyclic amines) is 1. The minimum atomic E-state index is -0.144. The fourth-order valence-corrected chi connectivity index (χ4v) is 4.35. The Morgan fingerprint density at radius 1 is 1.10 bits per heavy atom. The van der Waals surface area contributed by atoms with E-state index in [9.17, 15) is 9.59 Å². The number of fused-ring (bicyclic) bond motifs is 3. The van der Waals surface area contributed by atoms with E-state index in [1.807, 2.05) is 52.1 Å². The highest BCUT2D eigenvalue weighted by atomic mass is 16.5. The number of furan rings is 1. The Morgan fingerprint density at radius 3 is 2.62 bits per heavy atom. The summed E-state index contributed by atoms with van der Waals surface area (Å²) in [5.41, 5.74) is 1.68. The van der Waals surface area contributed by atoms with Gasteiger partial charge < -0.3 is 23.5 Å². The number of nitrogens with zero attached hydrogens (tertiary/aromatic N) is 3. The maximum absolute atomic E-state index is 13.2. The van der Waals surface area contributed by atoms with Gasteiger partial charge in [0.2, 0.25) is 0 Å². The maximum atomic E-state index is 13.2. The second kappa shape index (κ2) is 6.84. The zero-order chi connectivity index (χ0) is 20.0. The Morgan fingerprint density at radius 2 is 1.90 bits per heavy atom. The fourth-order valence-electron chi connectivity index (χ4n) is 4.35. The largest absolute Gasteiger partial charge is 0.497 e. The Balaban J connectivity index is 1.45. The molecule has 0 unspecified atom stereocenters. The predicted molar refractivity (Wildman–Crippen MR) is 105 cm³/mol. The third kappa shape index (κ3) is 2.90. The molecule has 3 aromatic rings. The molecule has 0 spiro atoms. The Labute approximate surface area is 168 Å². The number of rotatable bonds is 4. The Bertz CT molecular complexity index is 1040. The van der Waals surface area contributed by atoms with Gasteiger partial charge in [-0.25, -0.2) is 0 Å². The van der Waals surface area contributed by atoms with Crippen LogP contribution in [0.1, 0.15) is 32.6 Å². The van der Waals surface area contributed by atoms with Gasteiger partial charge in [0.25, 0.3) is 11.8 Å².